The number of nitrogens with zero attached hydrogens (tertiary/aromatic N) is 2. The van der Waals surface area contributed by atoms with Gasteiger partial charge in [0.05, 0.1) is 11.9 Å². The molecule has 1 aromatic heterocycles. The number of anilines is 2. The lowest BCUT2D eigenvalue weighted by atomic mass is 9.89. The molecule has 1 saturated carbocycles. The predicted octanol–water partition coefficient (Wildman–Crippen LogP) is 4.23. The lowest BCUT2D eigenvalue weighted by Gasteiger charge is -2.24. The van der Waals surface area contributed by atoms with Gasteiger partial charge in [-0.25, -0.2) is 4.98 Å². The van der Waals surface area contributed by atoms with Crippen LogP contribution in [0.1, 0.15) is 58.8 Å². The minimum Gasteiger partial charge on any atom is -0.370 e. The quantitative estimate of drug-likeness (QED) is 0.820. The van der Waals surface area contributed by atoms with E-state index >= 15 is 0 Å². The Kier molecular flexibility index (Phi) is 6.69. The fourth-order valence-corrected chi connectivity index (χ4v) is 3.15. The Bertz CT molecular complexity index is 446. The van der Waals surface area contributed by atoms with Crippen molar-refractivity contribution in [2.24, 2.45) is 5.92 Å². The fraction of sp³-hybridized carbons (Fsp3) is 0.667. The standard InChI is InChI=1S/C18H29N3O/c1-3-12-21(13-4-2)16-10-11-17(19-14-16)20-18(22)15-8-6-5-7-9-15/h10-11,14-15H,3-9,12-13H2,1-2H3,(H,19,20,22). The van der Waals surface area contributed by atoms with Crippen molar-refractivity contribution in [2.45, 2.75) is 58.8 Å². The number of nitrogens with one attached hydrogen (secondary N) is 1. The van der Waals surface area contributed by atoms with Crippen LogP contribution in [-0.4, -0.2) is 24.0 Å². The molecule has 1 aliphatic rings. The van der Waals surface area contributed by atoms with E-state index in [1.165, 1.54) is 19.3 Å². The zero-order valence-electron chi connectivity index (χ0n) is 14.0. The third kappa shape index (κ3) is 4.72. The molecule has 0 bridgehead atoms. The van der Waals surface area contributed by atoms with Gasteiger partial charge in [0.1, 0.15) is 5.82 Å². The number of carbonyl (C=O) groups is 1. The summed E-state index contributed by atoms with van der Waals surface area (Å²) in [6.07, 6.45) is 9.78. The van der Waals surface area contributed by atoms with Crippen molar-refractivity contribution in [1.82, 2.24) is 4.98 Å². The maximum Gasteiger partial charge on any atom is 0.228 e. The SMILES string of the molecule is CCCN(CCC)c1ccc(NC(=O)C2CCCCC2)nc1. The maximum absolute atomic E-state index is 12.2. The number of hydrogen-bond donors (Lipinski definition) is 1. The van der Waals surface area contributed by atoms with E-state index in [0.717, 1.165) is 44.5 Å². The summed E-state index contributed by atoms with van der Waals surface area (Å²) >= 11 is 0. The second kappa shape index (κ2) is 8.76. The molecule has 0 unspecified atom stereocenters. The average molecular weight is 303 g/mol. The van der Waals surface area contributed by atoms with Crippen molar-refractivity contribution in [2.75, 3.05) is 23.3 Å². The second-order valence-corrected chi connectivity index (χ2v) is 6.21. The summed E-state index contributed by atoms with van der Waals surface area (Å²) in [4.78, 5) is 19.0. The monoisotopic (exact) mass is 303 g/mol. The second-order valence-electron chi connectivity index (χ2n) is 6.21. The molecular weight excluding hydrogens is 274 g/mol. The summed E-state index contributed by atoms with van der Waals surface area (Å²) in [7, 11) is 0. The van der Waals surface area contributed by atoms with E-state index in [0.29, 0.717) is 5.82 Å². The summed E-state index contributed by atoms with van der Waals surface area (Å²) in [6.45, 7) is 6.47. The van der Waals surface area contributed by atoms with Crippen LogP contribution in [0.25, 0.3) is 0 Å². The van der Waals surface area contributed by atoms with E-state index < -0.39 is 0 Å². The first-order valence-electron chi connectivity index (χ1n) is 8.76. The van der Waals surface area contributed by atoms with Crippen LogP contribution in [0, 0.1) is 5.92 Å². The summed E-state index contributed by atoms with van der Waals surface area (Å²) in [5.41, 5.74) is 1.14. The first-order valence-corrected chi connectivity index (χ1v) is 8.76. The third-order valence-electron chi connectivity index (χ3n) is 4.33. The number of amides is 1. The van der Waals surface area contributed by atoms with E-state index in [1.807, 2.05) is 12.3 Å². The Labute approximate surface area is 134 Å². The van der Waals surface area contributed by atoms with Crippen LogP contribution in [0.3, 0.4) is 0 Å². The van der Waals surface area contributed by atoms with Crippen molar-refractivity contribution in [1.29, 1.82) is 0 Å². The lowest BCUT2D eigenvalue weighted by molar-refractivity contribution is -0.120. The molecule has 4 nitrogen and oxygen atoms in total. The molecule has 0 saturated heterocycles. The molecule has 1 aromatic rings. The first-order chi connectivity index (χ1) is 10.7. The summed E-state index contributed by atoms with van der Waals surface area (Å²) in [5, 5.41) is 2.97. The number of carbonyl (C=O) groups excluding carboxylic acids is 1. The highest BCUT2D eigenvalue weighted by atomic mass is 16.1. The molecule has 0 atom stereocenters. The number of rotatable bonds is 7. The van der Waals surface area contributed by atoms with Gasteiger partial charge in [-0.15, -0.1) is 0 Å². The predicted molar refractivity (Wildman–Crippen MR) is 92.2 cm³/mol. The number of pyridine rings is 1. The van der Waals surface area contributed by atoms with Gasteiger partial charge < -0.3 is 10.2 Å². The highest BCUT2D eigenvalue weighted by Crippen LogP contribution is 2.25. The highest BCUT2D eigenvalue weighted by Gasteiger charge is 2.21. The summed E-state index contributed by atoms with van der Waals surface area (Å²) in [5.74, 6) is 0.984. The molecule has 22 heavy (non-hydrogen) atoms. The minimum absolute atomic E-state index is 0.138. The Morgan fingerprint density at radius 3 is 2.41 bits per heavy atom. The molecule has 4 heteroatoms. The van der Waals surface area contributed by atoms with Gasteiger partial charge in [-0.05, 0) is 37.8 Å². The Hall–Kier alpha value is -1.58. The molecule has 0 radical (unpaired) electrons. The van der Waals surface area contributed by atoms with Crippen molar-refractivity contribution < 1.29 is 4.79 Å². The van der Waals surface area contributed by atoms with Gasteiger partial charge in [-0.3, -0.25) is 4.79 Å². The van der Waals surface area contributed by atoms with Crippen LogP contribution in [0.15, 0.2) is 18.3 Å². The van der Waals surface area contributed by atoms with Crippen molar-refractivity contribution in [3.63, 3.8) is 0 Å². The van der Waals surface area contributed by atoms with Gasteiger partial charge in [0, 0.05) is 19.0 Å². The molecule has 1 aliphatic carbocycles. The van der Waals surface area contributed by atoms with Crippen molar-refractivity contribution in [3.8, 4) is 0 Å². The molecule has 1 fully saturated rings. The molecule has 0 aromatic carbocycles. The topological polar surface area (TPSA) is 45.2 Å². The van der Waals surface area contributed by atoms with E-state index in [-0.39, 0.29) is 11.8 Å². The molecule has 2 rings (SSSR count). The Morgan fingerprint density at radius 2 is 1.86 bits per heavy atom. The van der Waals surface area contributed by atoms with Gasteiger partial charge in [0.15, 0.2) is 0 Å². The van der Waals surface area contributed by atoms with Crippen LogP contribution in [0.4, 0.5) is 11.5 Å². The van der Waals surface area contributed by atoms with Crippen LogP contribution in [-0.2, 0) is 4.79 Å². The van der Waals surface area contributed by atoms with Gasteiger partial charge in [-0.2, -0.15) is 0 Å². The molecule has 122 valence electrons. The van der Waals surface area contributed by atoms with E-state index in [2.05, 4.69) is 35.1 Å². The van der Waals surface area contributed by atoms with Crippen LogP contribution in [0.2, 0.25) is 0 Å². The van der Waals surface area contributed by atoms with Crippen LogP contribution >= 0.6 is 0 Å². The van der Waals surface area contributed by atoms with Crippen molar-refractivity contribution >= 4 is 17.4 Å². The van der Waals surface area contributed by atoms with E-state index in [9.17, 15) is 4.79 Å². The van der Waals surface area contributed by atoms with E-state index in [4.69, 9.17) is 0 Å². The molecule has 1 N–H and O–H groups in total. The normalized spacial score (nSPS) is 15.5. The zero-order valence-corrected chi connectivity index (χ0v) is 14.0. The summed E-state index contributed by atoms with van der Waals surface area (Å²) in [6, 6.07) is 3.99. The smallest absolute Gasteiger partial charge is 0.228 e. The average Bonchev–Trinajstić information content (AvgIpc) is 2.56. The minimum atomic E-state index is 0.138. The molecular formula is C18H29N3O. The third-order valence-corrected chi connectivity index (χ3v) is 4.33. The van der Waals surface area contributed by atoms with E-state index in [1.54, 1.807) is 0 Å². The zero-order chi connectivity index (χ0) is 15.8. The first kappa shape index (κ1) is 16.8. The molecule has 1 heterocycles. The fourth-order valence-electron chi connectivity index (χ4n) is 3.15. The van der Waals surface area contributed by atoms with Gasteiger partial charge >= 0.3 is 0 Å². The Morgan fingerprint density at radius 1 is 1.18 bits per heavy atom. The van der Waals surface area contributed by atoms with Gasteiger partial charge in [-0.1, -0.05) is 33.1 Å². The lowest BCUT2D eigenvalue weighted by Crippen LogP contribution is -2.26. The Balaban J connectivity index is 1.94. The van der Waals surface area contributed by atoms with Crippen LogP contribution in [0.5, 0.6) is 0 Å². The maximum atomic E-state index is 12.2. The largest absolute Gasteiger partial charge is 0.370 e. The molecule has 0 spiro atoms. The molecule has 0 aliphatic heterocycles. The van der Waals surface area contributed by atoms with Crippen molar-refractivity contribution in [3.05, 3.63) is 18.3 Å². The molecule has 1 amide bonds. The highest BCUT2D eigenvalue weighted by molar-refractivity contribution is 5.91. The summed E-state index contributed by atoms with van der Waals surface area (Å²) < 4.78 is 0. The number of aromatic nitrogens is 1. The van der Waals surface area contributed by atoms with Crippen LogP contribution < -0.4 is 10.2 Å². The number of hydrogen-bond acceptors (Lipinski definition) is 3. The van der Waals surface area contributed by atoms with Gasteiger partial charge in [0.2, 0.25) is 5.91 Å². The van der Waals surface area contributed by atoms with Gasteiger partial charge in [0.25, 0.3) is 0 Å².